The van der Waals surface area contributed by atoms with Gasteiger partial charge in [-0.2, -0.15) is 5.26 Å². The van der Waals surface area contributed by atoms with E-state index in [1.54, 1.807) is 0 Å². The van der Waals surface area contributed by atoms with Crippen molar-refractivity contribution < 1.29 is 17.9 Å². The van der Waals surface area contributed by atoms with Gasteiger partial charge in [-0.15, -0.1) is 13.2 Å². The molecule has 1 atom stereocenters. The van der Waals surface area contributed by atoms with Gasteiger partial charge in [-0.25, -0.2) is 0 Å². The van der Waals surface area contributed by atoms with Gasteiger partial charge in [0.15, 0.2) is 0 Å². The second-order valence-corrected chi connectivity index (χ2v) is 3.45. The SMILES string of the molecule is N#Cc1ccc(C(Br)OC(F)(F)F)cc1. The van der Waals surface area contributed by atoms with Crippen molar-refractivity contribution in [1.29, 1.82) is 5.26 Å². The van der Waals surface area contributed by atoms with Crippen LogP contribution in [0.2, 0.25) is 0 Å². The van der Waals surface area contributed by atoms with Gasteiger partial charge < -0.3 is 0 Å². The minimum atomic E-state index is -4.69. The summed E-state index contributed by atoms with van der Waals surface area (Å²) in [6, 6.07) is 7.49. The Morgan fingerprint density at radius 1 is 1.27 bits per heavy atom. The standard InChI is InChI=1S/C9H5BrF3NO/c10-8(15-9(11,12)13)7-3-1-6(5-14)2-4-7/h1-4,8H. The molecule has 0 aromatic heterocycles. The van der Waals surface area contributed by atoms with Crippen LogP contribution in [0.1, 0.15) is 16.1 Å². The molecule has 0 heterocycles. The second-order valence-electron chi connectivity index (χ2n) is 2.61. The van der Waals surface area contributed by atoms with Crippen LogP contribution < -0.4 is 0 Å². The van der Waals surface area contributed by atoms with Gasteiger partial charge in [-0.3, -0.25) is 4.74 Å². The molecule has 1 rings (SSSR count). The maximum absolute atomic E-state index is 11.8. The van der Waals surface area contributed by atoms with Gasteiger partial charge in [-0.1, -0.05) is 28.1 Å². The van der Waals surface area contributed by atoms with E-state index in [1.807, 2.05) is 6.07 Å². The number of alkyl halides is 4. The summed E-state index contributed by atoms with van der Waals surface area (Å²) in [7, 11) is 0. The van der Waals surface area contributed by atoms with Crippen LogP contribution >= 0.6 is 15.9 Å². The number of hydrogen-bond acceptors (Lipinski definition) is 2. The lowest BCUT2D eigenvalue weighted by Gasteiger charge is -2.13. The van der Waals surface area contributed by atoms with Gasteiger partial charge in [0.1, 0.15) is 5.01 Å². The molecule has 0 aliphatic rings. The van der Waals surface area contributed by atoms with Gasteiger partial charge in [0.25, 0.3) is 0 Å². The maximum Gasteiger partial charge on any atom is 0.523 e. The van der Waals surface area contributed by atoms with E-state index in [2.05, 4.69) is 20.7 Å². The van der Waals surface area contributed by atoms with Crippen molar-refractivity contribution in [3.05, 3.63) is 35.4 Å². The summed E-state index contributed by atoms with van der Waals surface area (Å²) in [5.41, 5.74) is 0.678. The third kappa shape index (κ3) is 3.90. The lowest BCUT2D eigenvalue weighted by Crippen LogP contribution is -2.14. The molecule has 1 unspecified atom stereocenters. The summed E-state index contributed by atoms with van der Waals surface area (Å²) in [5.74, 6) is 0. The highest BCUT2D eigenvalue weighted by Gasteiger charge is 2.33. The largest absolute Gasteiger partial charge is 0.523 e. The lowest BCUT2D eigenvalue weighted by atomic mass is 10.2. The van der Waals surface area contributed by atoms with E-state index in [0.717, 1.165) is 0 Å². The third-order valence-corrected chi connectivity index (χ3v) is 2.25. The van der Waals surface area contributed by atoms with Crippen molar-refractivity contribution in [2.75, 3.05) is 0 Å². The van der Waals surface area contributed by atoms with Crippen LogP contribution in [0.25, 0.3) is 0 Å². The number of nitrogens with zero attached hydrogens (tertiary/aromatic N) is 1. The predicted octanol–water partition coefficient (Wildman–Crippen LogP) is 3.49. The molecule has 0 saturated heterocycles. The molecule has 6 heteroatoms. The highest BCUT2D eigenvalue weighted by molar-refractivity contribution is 9.09. The molecule has 0 aliphatic carbocycles. The van der Waals surface area contributed by atoms with Crippen LogP contribution in [-0.2, 0) is 4.74 Å². The van der Waals surface area contributed by atoms with Crippen molar-refractivity contribution >= 4 is 15.9 Å². The maximum atomic E-state index is 11.8. The van der Waals surface area contributed by atoms with E-state index in [0.29, 0.717) is 11.1 Å². The molecule has 80 valence electrons. The fraction of sp³-hybridized carbons (Fsp3) is 0.222. The normalized spacial score (nSPS) is 13.3. The summed E-state index contributed by atoms with van der Waals surface area (Å²) < 4.78 is 39.2. The van der Waals surface area contributed by atoms with Gasteiger partial charge in [0.2, 0.25) is 0 Å². The molecule has 0 bridgehead atoms. The summed E-state index contributed by atoms with van der Waals surface area (Å²) in [6.07, 6.45) is -4.69. The minimum Gasteiger partial charge on any atom is -0.272 e. The Bertz CT molecular complexity index is 368. The number of ether oxygens (including phenoxy) is 1. The Balaban J connectivity index is 2.75. The number of hydrogen-bond donors (Lipinski definition) is 0. The van der Waals surface area contributed by atoms with Crippen molar-refractivity contribution in [3.63, 3.8) is 0 Å². The zero-order valence-electron chi connectivity index (χ0n) is 7.25. The van der Waals surface area contributed by atoms with Crippen LogP contribution in [0.5, 0.6) is 0 Å². The zero-order chi connectivity index (χ0) is 11.5. The number of benzene rings is 1. The first kappa shape index (κ1) is 12.0. The monoisotopic (exact) mass is 279 g/mol. The van der Waals surface area contributed by atoms with E-state index in [9.17, 15) is 13.2 Å². The molecule has 2 nitrogen and oxygen atoms in total. The molecule has 0 amide bonds. The quantitative estimate of drug-likeness (QED) is 0.777. The Morgan fingerprint density at radius 2 is 1.80 bits per heavy atom. The average molecular weight is 280 g/mol. The molecule has 0 spiro atoms. The first-order valence-electron chi connectivity index (χ1n) is 3.81. The van der Waals surface area contributed by atoms with Crippen molar-refractivity contribution in [1.82, 2.24) is 0 Å². The van der Waals surface area contributed by atoms with E-state index in [-0.39, 0.29) is 0 Å². The topological polar surface area (TPSA) is 33.0 Å². The average Bonchev–Trinajstić information content (AvgIpc) is 2.15. The van der Waals surface area contributed by atoms with Gasteiger partial charge in [0, 0.05) is 0 Å². The molecular weight excluding hydrogens is 275 g/mol. The Labute approximate surface area is 92.4 Å². The lowest BCUT2D eigenvalue weighted by molar-refractivity contribution is -0.330. The molecule has 1 aromatic carbocycles. The number of rotatable bonds is 2. The van der Waals surface area contributed by atoms with E-state index < -0.39 is 11.4 Å². The number of nitriles is 1. The summed E-state index contributed by atoms with van der Waals surface area (Å²) in [5, 5.41) is 7.22. The van der Waals surface area contributed by atoms with Crippen LogP contribution in [0, 0.1) is 11.3 Å². The fourth-order valence-electron chi connectivity index (χ4n) is 0.894. The van der Waals surface area contributed by atoms with Crippen LogP contribution in [-0.4, -0.2) is 6.36 Å². The number of halogens is 4. The molecule has 0 aliphatic heterocycles. The van der Waals surface area contributed by atoms with Gasteiger partial charge >= 0.3 is 6.36 Å². The van der Waals surface area contributed by atoms with Crippen LogP contribution in [0.15, 0.2) is 24.3 Å². The van der Waals surface area contributed by atoms with Crippen molar-refractivity contribution in [3.8, 4) is 6.07 Å². The van der Waals surface area contributed by atoms with Crippen molar-refractivity contribution in [2.24, 2.45) is 0 Å². The molecule has 1 aromatic rings. The van der Waals surface area contributed by atoms with E-state index in [1.165, 1.54) is 24.3 Å². The molecular formula is C9H5BrF3NO. The summed E-state index contributed by atoms with van der Waals surface area (Å²) in [6.45, 7) is 0. The Morgan fingerprint density at radius 3 is 2.20 bits per heavy atom. The molecule has 0 fully saturated rings. The van der Waals surface area contributed by atoms with E-state index >= 15 is 0 Å². The highest BCUT2D eigenvalue weighted by Crippen LogP contribution is 2.32. The highest BCUT2D eigenvalue weighted by atomic mass is 79.9. The molecule has 15 heavy (non-hydrogen) atoms. The fourth-order valence-corrected chi connectivity index (χ4v) is 1.41. The Kier molecular flexibility index (Phi) is 3.72. The summed E-state index contributed by atoms with van der Waals surface area (Å²) >= 11 is 2.74. The molecule has 0 radical (unpaired) electrons. The molecule has 0 N–H and O–H groups in total. The first-order valence-corrected chi connectivity index (χ1v) is 4.72. The van der Waals surface area contributed by atoms with Gasteiger partial charge in [-0.05, 0) is 17.7 Å². The minimum absolute atomic E-state index is 0.298. The van der Waals surface area contributed by atoms with Crippen molar-refractivity contribution in [2.45, 2.75) is 11.4 Å². The smallest absolute Gasteiger partial charge is 0.272 e. The summed E-state index contributed by atoms with van der Waals surface area (Å²) in [4.78, 5) is 0. The predicted molar refractivity (Wildman–Crippen MR) is 50.0 cm³/mol. The van der Waals surface area contributed by atoms with Crippen LogP contribution in [0.3, 0.4) is 0 Å². The first-order chi connectivity index (χ1) is 6.92. The van der Waals surface area contributed by atoms with Gasteiger partial charge in [0.05, 0.1) is 11.6 Å². The molecule has 0 saturated carbocycles. The van der Waals surface area contributed by atoms with E-state index in [4.69, 9.17) is 5.26 Å². The Hall–Kier alpha value is -1.06. The third-order valence-electron chi connectivity index (χ3n) is 1.54. The second kappa shape index (κ2) is 4.64. The zero-order valence-corrected chi connectivity index (χ0v) is 8.84. The van der Waals surface area contributed by atoms with Crippen LogP contribution in [0.4, 0.5) is 13.2 Å².